The first-order valence-corrected chi connectivity index (χ1v) is 14.7. The van der Waals surface area contributed by atoms with Crippen LogP contribution in [0.15, 0.2) is 42.5 Å². The molecule has 0 aliphatic heterocycles. The van der Waals surface area contributed by atoms with Gasteiger partial charge in [-0.05, 0) is 31.4 Å². The van der Waals surface area contributed by atoms with Crippen LogP contribution in [0.2, 0.25) is 0 Å². The minimum absolute atomic E-state index is 0.0163. The number of benzene rings is 2. The molecular weight excluding hydrogens is 506 g/mol. The van der Waals surface area contributed by atoms with Gasteiger partial charge in [0.05, 0.1) is 25.6 Å². The molecule has 1 aliphatic rings. The van der Waals surface area contributed by atoms with Gasteiger partial charge in [0.15, 0.2) is 0 Å². The van der Waals surface area contributed by atoms with E-state index in [4.69, 9.17) is 9.47 Å². The summed E-state index contributed by atoms with van der Waals surface area (Å²) in [7, 11) is 2.99. The Morgan fingerprint density at radius 3 is 1.75 bits per heavy atom. The van der Waals surface area contributed by atoms with Crippen molar-refractivity contribution in [3.05, 3.63) is 48.0 Å². The number of rotatable bonds is 10. The average Bonchev–Trinajstić information content (AvgIpc) is 2.95. The number of carbonyl (C=O) groups excluding carboxylic acids is 3. The highest BCUT2D eigenvalue weighted by Gasteiger charge is 2.17. The lowest BCUT2D eigenvalue weighted by Gasteiger charge is -2.19. The lowest BCUT2D eigenvalue weighted by atomic mass is 9.98. The molecule has 1 saturated carbocycles. The third-order valence-corrected chi connectivity index (χ3v) is 7.36. The van der Waals surface area contributed by atoms with Crippen LogP contribution in [-0.4, -0.2) is 38.0 Å². The number of hydrogen-bond acceptors (Lipinski definition) is 5. The fourth-order valence-electron chi connectivity index (χ4n) is 5.11. The number of nitrogens with one attached hydrogen (secondary N) is 3. The zero-order chi connectivity index (χ0) is 28.6. The Morgan fingerprint density at radius 1 is 0.700 bits per heavy atom. The SMILES string of the molecule is COc1cc(NC(=O)c2ccccc2)c(OC)cc1NC(=O)CCCC(=O)NC1CCCCCCCCCCC1. The van der Waals surface area contributed by atoms with Gasteiger partial charge in [-0.2, -0.15) is 0 Å². The molecule has 2 aromatic carbocycles. The summed E-state index contributed by atoms with van der Waals surface area (Å²) in [6.07, 6.45) is 14.4. The lowest BCUT2D eigenvalue weighted by molar-refractivity contribution is -0.122. The fourth-order valence-corrected chi connectivity index (χ4v) is 5.11. The van der Waals surface area contributed by atoms with Crippen molar-refractivity contribution in [1.29, 1.82) is 0 Å². The molecule has 3 rings (SSSR count). The molecule has 8 heteroatoms. The van der Waals surface area contributed by atoms with Crippen LogP contribution in [0.25, 0.3) is 0 Å². The predicted molar refractivity (Wildman–Crippen MR) is 159 cm³/mol. The minimum Gasteiger partial charge on any atom is -0.494 e. The number of methoxy groups -OCH3 is 2. The van der Waals surface area contributed by atoms with Crippen LogP contribution in [0.1, 0.15) is 100 Å². The van der Waals surface area contributed by atoms with Crippen molar-refractivity contribution in [2.45, 2.75) is 95.9 Å². The van der Waals surface area contributed by atoms with Gasteiger partial charge in [0, 0.05) is 36.6 Å². The van der Waals surface area contributed by atoms with Crippen molar-refractivity contribution >= 4 is 29.1 Å². The Balaban J connectivity index is 1.49. The number of hydrogen-bond donors (Lipinski definition) is 3. The highest BCUT2D eigenvalue weighted by Crippen LogP contribution is 2.36. The molecule has 0 aromatic heterocycles. The average molecular weight is 552 g/mol. The van der Waals surface area contributed by atoms with E-state index in [1.54, 1.807) is 36.4 Å². The third-order valence-electron chi connectivity index (χ3n) is 7.36. The second-order valence-corrected chi connectivity index (χ2v) is 10.5. The van der Waals surface area contributed by atoms with Crippen molar-refractivity contribution in [1.82, 2.24) is 5.32 Å². The van der Waals surface area contributed by atoms with E-state index in [2.05, 4.69) is 16.0 Å². The molecule has 2 aromatic rings. The van der Waals surface area contributed by atoms with Gasteiger partial charge in [-0.3, -0.25) is 14.4 Å². The van der Waals surface area contributed by atoms with Crippen LogP contribution in [0.4, 0.5) is 11.4 Å². The lowest BCUT2D eigenvalue weighted by Crippen LogP contribution is -2.34. The molecular formula is C32H45N3O5. The summed E-state index contributed by atoms with van der Waals surface area (Å²) >= 11 is 0. The maximum Gasteiger partial charge on any atom is 0.255 e. The quantitative estimate of drug-likeness (QED) is 0.299. The van der Waals surface area contributed by atoms with E-state index in [0.29, 0.717) is 41.3 Å². The van der Waals surface area contributed by atoms with Gasteiger partial charge in [0.25, 0.3) is 5.91 Å². The van der Waals surface area contributed by atoms with Crippen LogP contribution in [0.5, 0.6) is 11.5 Å². The van der Waals surface area contributed by atoms with E-state index in [9.17, 15) is 14.4 Å². The van der Waals surface area contributed by atoms with E-state index in [1.165, 1.54) is 59.2 Å². The summed E-state index contributed by atoms with van der Waals surface area (Å²) in [6.45, 7) is 0. The molecule has 8 nitrogen and oxygen atoms in total. The summed E-state index contributed by atoms with van der Waals surface area (Å²) in [5.41, 5.74) is 1.37. The molecule has 0 unspecified atom stereocenters. The summed E-state index contributed by atoms with van der Waals surface area (Å²) in [5, 5.41) is 8.91. The summed E-state index contributed by atoms with van der Waals surface area (Å²) < 4.78 is 10.9. The molecule has 40 heavy (non-hydrogen) atoms. The Bertz CT molecular complexity index is 1080. The van der Waals surface area contributed by atoms with E-state index in [0.717, 1.165) is 25.7 Å². The molecule has 3 amide bonds. The van der Waals surface area contributed by atoms with Gasteiger partial charge in [-0.15, -0.1) is 0 Å². The Labute approximate surface area is 238 Å². The van der Waals surface area contributed by atoms with E-state index in [-0.39, 0.29) is 30.2 Å². The number of amides is 3. The molecule has 218 valence electrons. The molecule has 0 saturated heterocycles. The van der Waals surface area contributed by atoms with Crippen LogP contribution < -0.4 is 25.4 Å². The van der Waals surface area contributed by atoms with Crippen LogP contribution in [0.3, 0.4) is 0 Å². The van der Waals surface area contributed by atoms with Crippen molar-refractivity contribution in [3.8, 4) is 11.5 Å². The van der Waals surface area contributed by atoms with Crippen LogP contribution >= 0.6 is 0 Å². The van der Waals surface area contributed by atoms with Crippen molar-refractivity contribution in [2.75, 3.05) is 24.9 Å². The molecule has 1 aliphatic carbocycles. The first-order valence-electron chi connectivity index (χ1n) is 14.7. The minimum atomic E-state index is -0.285. The maximum atomic E-state index is 12.7. The molecule has 0 bridgehead atoms. The first-order chi connectivity index (χ1) is 19.5. The molecule has 0 atom stereocenters. The maximum absolute atomic E-state index is 12.7. The fraction of sp³-hybridized carbons (Fsp3) is 0.531. The molecule has 0 heterocycles. The van der Waals surface area contributed by atoms with Gasteiger partial charge >= 0.3 is 0 Å². The van der Waals surface area contributed by atoms with Gasteiger partial charge < -0.3 is 25.4 Å². The van der Waals surface area contributed by atoms with Crippen molar-refractivity contribution < 1.29 is 23.9 Å². The Morgan fingerprint density at radius 2 is 1.20 bits per heavy atom. The van der Waals surface area contributed by atoms with Gasteiger partial charge in [-0.1, -0.05) is 76.0 Å². The predicted octanol–water partition coefficient (Wildman–Crippen LogP) is 6.85. The first kappa shape index (κ1) is 31.0. The van der Waals surface area contributed by atoms with Crippen LogP contribution in [0, 0.1) is 0 Å². The van der Waals surface area contributed by atoms with E-state index >= 15 is 0 Å². The normalized spacial score (nSPS) is 15.2. The zero-order valence-corrected chi connectivity index (χ0v) is 24.1. The second kappa shape index (κ2) is 17.2. The smallest absolute Gasteiger partial charge is 0.255 e. The molecule has 1 fully saturated rings. The van der Waals surface area contributed by atoms with E-state index < -0.39 is 0 Å². The number of anilines is 2. The Hall–Kier alpha value is -3.55. The number of ether oxygens (including phenoxy) is 2. The largest absolute Gasteiger partial charge is 0.494 e. The zero-order valence-electron chi connectivity index (χ0n) is 24.1. The second-order valence-electron chi connectivity index (χ2n) is 10.5. The summed E-state index contributed by atoms with van der Waals surface area (Å²) in [4.78, 5) is 38.0. The van der Waals surface area contributed by atoms with Crippen molar-refractivity contribution in [3.63, 3.8) is 0 Å². The summed E-state index contributed by atoms with van der Waals surface area (Å²) in [5.74, 6) is 0.282. The van der Waals surface area contributed by atoms with Gasteiger partial charge in [0.2, 0.25) is 11.8 Å². The van der Waals surface area contributed by atoms with Gasteiger partial charge in [0.1, 0.15) is 11.5 Å². The third kappa shape index (κ3) is 10.5. The summed E-state index contributed by atoms with van der Waals surface area (Å²) in [6, 6.07) is 12.3. The number of carbonyl (C=O) groups is 3. The van der Waals surface area contributed by atoms with E-state index in [1.807, 2.05) is 6.07 Å². The topological polar surface area (TPSA) is 106 Å². The standard InChI is InChI=1S/C32H45N3O5/c1-39-28-23-27(35-32(38)24-16-11-10-12-17-24)29(40-2)22-26(28)34-31(37)21-15-20-30(36)33-25-18-13-8-6-4-3-5-7-9-14-19-25/h10-12,16-17,22-23,25H,3-9,13-15,18-21H2,1-2H3,(H,33,36)(H,34,37)(H,35,38). The highest BCUT2D eigenvalue weighted by molar-refractivity contribution is 6.05. The van der Waals surface area contributed by atoms with Crippen molar-refractivity contribution in [2.24, 2.45) is 0 Å². The molecule has 0 radical (unpaired) electrons. The Kier molecular flexibility index (Phi) is 13.3. The molecule has 0 spiro atoms. The van der Waals surface area contributed by atoms with Crippen LogP contribution in [-0.2, 0) is 9.59 Å². The van der Waals surface area contributed by atoms with Gasteiger partial charge in [-0.25, -0.2) is 0 Å². The highest BCUT2D eigenvalue weighted by atomic mass is 16.5. The monoisotopic (exact) mass is 551 g/mol. The molecule has 3 N–H and O–H groups in total.